The largest absolute Gasteiger partial charge is 0.416 e. The fourth-order valence-corrected chi connectivity index (χ4v) is 3.38. The summed E-state index contributed by atoms with van der Waals surface area (Å²) < 4.78 is 38.8. The van der Waals surface area contributed by atoms with E-state index in [4.69, 9.17) is 0 Å². The summed E-state index contributed by atoms with van der Waals surface area (Å²) in [4.78, 5) is 24.8. The van der Waals surface area contributed by atoms with Crippen LogP contribution >= 0.6 is 0 Å². The van der Waals surface area contributed by atoms with Crippen LogP contribution in [-0.4, -0.2) is 47.0 Å². The Morgan fingerprint density at radius 1 is 0.967 bits per heavy atom. The molecule has 0 radical (unpaired) electrons. The minimum absolute atomic E-state index is 0.159. The van der Waals surface area contributed by atoms with Gasteiger partial charge in [-0.05, 0) is 36.4 Å². The van der Waals surface area contributed by atoms with Gasteiger partial charge in [0.05, 0.1) is 28.5 Å². The SMILES string of the molecule is O=C(/C=C/c1cnc2ccccc2n1)N1CCN(c2cccc(C(F)(F)F)c2)CC1. The van der Waals surface area contributed by atoms with Crippen LogP contribution in [0, 0.1) is 0 Å². The third-order valence-corrected chi connectivity index (χ3v) is 4.99. The van der Waals surface area contributed by atoms with Crippen LogP contribution in [0.1, 0.15) is 11.3 Å². The zero-order valence-electron chi connectivity index (χ0n) is 16.0. The van der Waals surface area contributed by atoms with Crippen molar-refractivity contribution in [3.05, 3.63) is 72.1 Å². The number of hydrogen-bond donors (Lipinski definition) is 0. The summed E-state index contributed by atoms with van der Waals surface area (Å²) in [6, 6.07) is 12.8. The second kappa shape index (κ2) is 8.14. The maximum Gasteiger partial charge on any atom is 0.416 e. The summed E-state index contributed by atoms with van der Waals surface area (Å²) in [7, 11) is 0. The smallest absolute Gasteiger partial charge is 0.368 e. The quantitative estimate of drug-likeness (QED) is 0.610. The molecule has 30 heavy (non-hydrogen) atoms. The van der Waals surface area contributed by atoms with Gasteiger partial charge in [0, 0.05) is 37.9 Å². The molecule has 8 heteroatoms. The van der Waals surface area contributed by atoms with Crippen molar-refractivity contribution < 1.29 is 18.0 Å². The summed E-state index contributed by atoms with van der Waals surface area (Å²) in [6.45, 7) is 1.80. The molecule has 5 nitrogen and oxygen atoms in total. The third kappa shape index (κ3) is 4.42. The summed E-state index contributed by atoms with van der Waals surface area (Å²) in [5.74, 6) is -0.159. The van der Waals surface area contributed by atoms with Gasteiger partial charge < -0.3 is 9.80 Å². The molecule has 4 rings (SSSR count). The zero-order valence-corrected chi connectivity index (χ0v) is 16.0. The molecular weight excluding hydrogens is 393 g/mol. The first-order valence-electron chi connectivity index (χ1n) is 9.51. The lowest BCUT2D eigenvalue weighted by Crippen LogP contribution is -2.48. The number of para-hydroxylation sites is 2. The molecule has 0 unspecified atom stereocenters. The van der Waals surface area contributed by atoms with Crippen molar-refractivity contribution in [1.82, 2.24) is 14.9 Å². The number of rotatable bonds is 3. The van der Waals surface area contributed by atoms with Crippen LogP contribution < -0.4 is 4.90 Å². The lowest BCUT2D eigenvalue weighted by atomic mass is 10.1. The molecule has 154 valence electrons. The molecule has 0 aliphatic carbocycles. The van der Waals surface area contributed by atoms with E-state index in [1.165, 1.54) is 12.1 Å². The van der Waals surface area contributed by atoms with Crippen LogP contribution in [0.15, 0.2) is 60.8 Å². The van der Waals surface area contributed by atoms with E-state index in [1.807, 2.05) is 29.2 Å². The van der Waals surface area contributed by atoms with Gasteiger partial charge in [-0.2, -0.15) is 13.2 Å². The van der Waals surface area contributed by atoms with Gasteiger partial charge in [-0.3, -0.25) is 9.78 Å². The van der Waals surface area contributed by atoms with E-state index in [0.29, 0.717) is 37.6 Å². The van der Waals surface area contributed by atoms with Crippen molar-refractivity contribution in [3.63, 3.8) is 0 Å². The normalized spacial score (nSPS) is 15.2. The van der Waals surface area contributed by atoms with E-state index >= 15 is 0 Å². The number of carbonyl (C=O) groups is 1. The monoisotopic (exact) mass is 412 g/mol. The second-order valence-electron chi connectivity index (χ2n) is 6.98. The number of benzene rings is 2. The number of alkyl halides is 3. The maximum atomic E-state index is 12.9. The Hall–Kier alpha value is -3.42. The summed E-state index contributed by atoms with van der Waals surface area (Å²) in [6.07, 6.45) is 0.321. The molecule has 1 aromatic heterocycles. The Kier molecular flexibility index (Phi) is 5.39. The molecule has 1 fully saturated rings. The van der Waals surface area contributed by atoms with Crippen molar-refractivity contribution in [2.24, 2.45) is 0 Å². The summed E-state index contributed by atoms with van der Waals surface area (Å²) in [5.41, 5.74) is 1.97. The molecule has 0 bridgehead atoms. The van der Waals surface area contributed by atoms with E-state index in [1.54, 1.807) is 23.2 Å². The van der Waals surface area contributed by atoms with Crippen LogP contribution in [0.3, 0.4) is 0 Å². The third-order valence-electron chi connectivity index (χ3n) is 4.99. The Morgan fingerprint density at radius 3 is 2.43 bits per heavy atom. The predicted molar refractivity (Wildman–Crippen MR) is 109 cm³/mol. The second-order valence-corrected chi connectivity index (χ2v) is 6.98. The van der Waals surface area contributed by atoms with E-state index < -0.39 is 11.7 Å². The molecule has 0 N–H and O–H groups in total. The highest BCUT2D eigenvalue weighted by atomic mass is 19.4. The number of amides is 1. The highest BCUT2D eigenvalue weighted by Gasteiger charge is 2.31. The maximum absolute atomic E-state index is 12.9. The Labute approximate surface area is 171 Å². The van der Waals surface area contributed by atoms with Gasteiger partial charge in [-0.1, -0.05) is 18.2 Å². The van der Waals surface area contributed by atoms with Gasteiger partial charge in [-0.25, -0.2) is 4.98 Å². The van der Waals surface area contributed by atoms with Crippen molar-refractivity contribution in [3.8, 4) is 0 Å². The molecule has 2 heterocycles. The lowest BCUT2D eigenvalue weighted by Gasteiger charge is -2.35. The van der Waals surface area contributed by atoms with E-state index in [0.717, 1.165) is 23.2 Å². The van der Waals surface area contributed by atoms with Crippen molar-refractivity contribution in [2.75, 3.05) is 31.1 Å². The van der Waals surface area contributed by atoms with Crippen molar-refractivity contribution >= 4 is 28.7 Å². The fourth-order valence-electron chi connectivity index (χ4n) is 3.38. The minimum Gasteiger partial charge on any atom is -0.368 e. The van der Waals surface area contributed by atoms with Gasteiger partial charge in [0.1, 0.15) is 0 Å². The lowest BCUT2D eigenvalue weighted by molar-refractivity contribution is -0.137. The first-order valence-corrected chi connectivity index (χ1v) is 9.51. The van der Waals surface area contributed by atoms with Crippen LogP contribution in [0.2, 0.25) is 0 Å². The highest BCUT2D eigenvalue weighted by Crippen LogP contribution is 2.31. The van der Waals surface area contributed by atoms with Crippen LogP contribution in [0.25, 0.3) is 17.1 Å². The molecule has 3 aromatic rings. The Morgan fingerprint density at radius 2 is 1.70 bits per heavy atom. The number of aromatic nitrogens is 2. The van der Waals surface area contributed by atoms with Gasteiger partial charge >= 0.3 is 6.18 Å². The van der Waals surface area contributed by atoms with Crippen LogP contribution in [0.5, 0.6) is 0 Å². The molecule has 0 saturated carbocycles. The standard InChI is InChI=1S/C22H19F3N4O/c23-22(24,25)16-4-3-5-18(14-16)28-10-12-29(13-11-28)21(30)9-8-17-15-26-19-6-1-2-7-20(19)27-17/h1-9,14-15H,10-13H2/b9-8+. The molecule has 0 spiro atoms. The van der Waals surface area contributed by atoms with Crippen molar-refractivity contribution in [1.29, 1.82) is 0 Å². The number of carbonyl (C=O) groups excluding carboxylic acids is 1. The Balaban J connectivity index is 1.37. The average Bonchev–Trinajstić information content (AvgIpc) is 2.77. The van der Waals surface area contributed by atoms with Crippen LogP contribution in [0.4, 0.5) is 18.9 Å². The van der Waals surface area contributed by atoms with Gasteiger partial charge in [0.25, 0.3) is 0 Å². The number of piperazine rings is 1. The Bertz CT molecular complexity index is 1090. The zero-order chi connectivity index (χ0) is 21.1. The number of hydrogen-bond acceptors (Lipinski definition) is 4. The van der Waals surface area contributed by atoms with Crippen molar-refractivity contribution in [2.45, 2.75) is 6.18 Å². The van der Waals surface area contributed by atoms with Crippen LogP contribution in [-0.2, 0) is 11.0 Å². The average molecular weight is 412 g/mol. The minimum atomic E-state index is -4.37. The van der Waals surface area contributed by atoms with E-state index in [2.05, 4.69) is 9.97 Å². The first kappa shape index (κ1) is 19.9. The number of anilines is 1. The molecule has 1 aliphatic heterocycles. The topological polar surface area (TPSA) is 49.3 Å². The molecule has 1 aliphatic rings. The predicted octanol–water partition coefficient (Wildman–Crippen LogP) is 4.01. The van der Waals surface area contributed by atoms with E-state index in [-0.39, 0.29) is 5.91 Å². The summed E-state index contributed by atoms with van der Waals surface area (Å²) >= 11 is 0. The first-order chi connectivity index (χ1) is 14.4. The molecule has 1 amide bonds. The van der Waals surface area contributed by atoms with E-state index in [9.17, 15) is 18.0 Å². The van der Waals surface area contributed by atoms with Gasteiger partial charge in [0.15, 0.2) is 0 Å². The molecule has 1 saturated heterocycles. The highest BCUT2D eigenvalue weighted by molar-refractivity contribution is 5.92. The molecular formula is C22H19F3N4O. The molecule has 2 aromatic carbocycles. The number of nitrogens with zero attached hydrogens (tertiary/aromatic N) is 4. The number of fused-ring (bicyclic) bond motifs is 1. The number of halogens is 3. The van der Waals surface area contributed by atoms with Gasteiger partial charge in [-0.15, -0.1) is 0 Å². The van der Waals surface area contributed by atoms with Gasteiger partial charge in [0.2, 0.25) is 5.91 Å². The summed E-state index contributed by atoms with van der Waals surface area (Å²) in [5, 5.41) is 0. The molecule has 0 atom stereocenters. The fraction of sp³-hybridized carbons (Fsp3) is 0.227.